The summed E-state index contributed by atoms with van der Waals surface area (Å²) in [5.74, 6) is 0.769. The fourth-order valence-electron chi connectivity index (χ4n) is 4.19. The Hall–Kier alpha value is -3.82. The first-order valence-electron chi connectivity index (χ1n) is 13.0. The molecule has 1 aliphatic rings. The van der Waals surface area contributed by atoms with Crippen molar-refractivity contribution in [3.8, 4) is 11.5 Å². The molecule has 0 bridgehead atoms. The van der Waals surface area contributed by atoms with Crippen molar-refractivity contribution < 1.29 is 19.1 Å². The van der Waals surface area contributed by atoms with Gasteiger partial charge < -0.3 is 19.7 Å². The molecule has 208 valence electrons. The van der Waals surface area contributed by atoms with Crippen LogP contribution in [0.5, 0.6) is 11.5 Å². The molecule has 1 aliphatic heterocycles. The molecule has 3 aromatic rings. The lowest BCUT2D eigenvalue weighted by Crippen LogP contribution is -2.27. The summed E-state index contributed by atoms with van der Waals surface area (Å²) in [6.45, 7) is 6.28. The van der Waals surface area contributed by atoms with Gasteiger partial charge in [0.15, 0.2) is 22.4 Å². The third-order valence-electron chi connectivity index (χ3n) is 6.20. The van der Waals surface area contributed by atoms with Crippen LogP contribution in [0.25, 0.3) is 6.08 Å². The standard InChI is InChI=1S/C31H33N3O4S2/c1-6-37-27-17-21(11-16-26(27)38-19-29(35)32-25-10-8-7-9-24(25)20(2)3)18-28-30(36)34(31(39)40-28)23-14-12-22(13-15-23)33(4)5/h7-18,20H,6,19H2,1-5H3,(H,32,35)/b28-18+. The average molecular weight is 576 g/mol. The molecule has 0 aliphatic carbocycles. The predicted molar refractivity (Wildman–Crippen MR) is 169 cm³/mol. The Kier molecular flexibility index (Phi) is 9.50. The van der Waals surface area contributed by atoms with Gasteiger partial charge in [0.2, 0.25) is 0 Å². The number of hydrogen-bond donors (Lipinski definition) is 1. The number of carbonyl (C=O) groups is 2. The van der Waals surface area contributed by atoms with Crippen molar-refractivity contribution in [1.82, 2.24) is 0 Å². The molecule has 0 spiro atoms. The fraction of sp³-hybridized carbons (Fsp3) is 0.258. The van der Waals surface area contributed by atoms with E-state index in [1.54, 1.807) is 23.1 Å². The van der Waals surface area contributed by atoms with Gasteiger partial charge in [-0.3, -0.25) is 14.5 Å². The number of para-hydroxylation sites is 1. The van der Waals surface area contributed by atoms with Crippen LogP contribution < -0.4 is 24.6 Å². The summed E-state index contributed by atoms with van der Waals surface area (Å²) in [5, 5.41) is 2.93. The third-order valence-corrected chi connectivity index (χ3v) is 7.50. The topological polar surface area (TPSA) is 71.1 Å². The number of rotatable bonds is 10. The Morgan fingerprint density at radius 3 is 2.45 bits per heavy atom. The molecule has 40 heavy (non-hydrogen) atoms. The highest BCUT2D eigenvalue weighted by molar-refractivity contribution is 8.27. The van der Waals surface area contributed by atoms with Crippen LogP contribution in [-0.2, 0) is 9.59 Å². The molecule has 3 aromatic carbocycles. The molecule has 0 aromatic heterocycles. The minimum absolute atomic E-state index is 0.170. The minimum Gasteiger partial charge on any atom is -0.490 e. The Morgan fingerprint density at radius 2 is 1.77 bits per heavy atom. The molecule has 4 rings (SSSR count). The Balaban J connectivity index is 1.47. The first-order valence-corrected chi connectivity index (χ1v) is 14.2. The van der Waals surface area contributed by atoms with Crippen molar-refractivity contribution in [3.05, 3.63) is 82.8 Å². The number of carbonyl (C=O) groups excluding carboxylic acids is 2. The molecule has 1 saturated heterocycles. The predicted octanol–water partition coefficient (Wildman–Crippen LogP) is 6.70. The van der Waals surface area contributed by atoms with Crippen LogP contribution in [0, 0.1) is 0 Å². The number of benzene rings is 3. The van der Waals surface area contributed by atoms with Gasteiger partial charge in [-0.05, 0) is 72.5 Å². The lowest BCUT2D eigenvalue weighted by molar-refractivity contribution is -0.118. The van der Waals surface area contributed by atoms with E-state index in [1.165, 1.54) is 11.8 Å². The van der Waals surface area contributed by atoms with Crippen molar-refractivity contribution in [2.24, 2.45) is 0 Å². The molecule has 1 N–H and O–H groups in total. The van der Waals surface area contributed by atoms with E-state index in [9.17, 15) is 9.59 Å². The maximum atomic E-state index is 13.2. The van der Waals surface area contributed by atoms with Gasteiger partial charge in [-0.25, -0.2) is 0 Å². The van der Waals surface area contributed by atoms with Gasteiger partial charge in [0.05, 0.1) is 17.2 Å². The molecule has 7 nitrogen and oxygen atoms in total. The van der Waals surface area contributed by atoms with Crippen molar-refractivity contribution in [2.45, 2.75) is 26.7 Å². The van der Waals surface area contributed by atoms with E-state index in [4.69, 9.17) is 21.7 Å². The largest absolute Gasteiger partial charge is 0.490 e. The van der Waals surface area contributed by atoms with Gasteiger partial charge in [0.25, 0.3) is 11.8 Å². The smallest absolute Gasteiger partial charge is 0.270 e. The van der Waals surface area contributed by atoms with Gasteiger partial charge in [-0.2, -0.15) is 0 Å². The number of nitrogens with one attached hydrogen (secondary N) is 1. The number of nitrogens with zero attached hydrogens (tertiary/aromatic N) is 2. The van der Waals surface area contributed by atoms with E-state index < -0.39 is 0 Å². The van der Waals surface area contributed by atoms with Crippen molar-refractivity contribution in [1.29, 1.82) is 0 Å². The molecule has 0 unspecified atom stereocenters. The number of thiocarbonyl (C=S) groups is 1. The van der Waals surface area contributed by atoms with E-state index in [0.29, 0.717) is 27.3 Å². The maximum absolute atomic E-state index is 13.2. The Morgan fingerprint density at radius 1 is 1.05 bits per heavy atom. The molecule has 1 heterocycles. The van der Waals surface area contributed by atoms with Crippen LogP contribution in [0.4, 0.5) is 17.1 Å². The second kappa shape index (κ2) is 13.0. The maximum Gasteiger partial charge on any atom is 0.270 e. The summed E-state index contributed by atoms with van der Waals surface area (Å²) in [6, 6.07) is 20.8. The summed E-state index contributed by atoms with van der Waals surface area (Å²) >= 11 is 6.78. The van der Waals surface area contributed by atoms with Gasteiger partial charge in [-0.1, -0.05) is 62.1 Å². The van der Waals surface area contributed by atoms with E-state index >= 15 is 0 Å². The van der Waals surface area contributed by atoms with Gasteiger partial charge in [0, 0.05) is 25.5 Å². The Bertz CT molecular complexity index is 1430. The summed E-state index contributed by atoms with van der Waals surface area (Å²) in [5.41, 5.74) is 4.36. The molecule has 1 fully saturated rings. The van der Waals surface area contributed by atoms with E-state index in [2.05, 4.69) is 19.2 Å². The number of ether oxygens (including phenoxy) is 2. The van der Waals surface area contributed by atoms with Crippen molar-refractivity contribution in [3.63, 3.8) is 0 Å². The molecule has 9 heteroatoms. The van der Waals surface area contributed by atoms with E-state index in [1.807, 2.05) is 80.5 Å². The van der Waals surface area contributed by atoms with Gasteiger partial charge in [0.1, 0.15) is 0 Å². The summed E-state index contributed by atoms with van der Waals surface area (Å²) < 4.78 is 12.1. The van der Waals surface area contributed by atoms with Crippen molar-refractivity contribution >= 4 is 63.3 Å². The zero-order valence-electron chi connectivity index (χ0n) is 23.3. The number of hydrogen-bond acceptors (Lipinski definition) is 7. The zero-order chi connectivity index (χ0) is 28.8. The highest BCUT2D eigenvalue weighted by atomic mass is 32.2. The van der Waals surface area contributed by atoms with Crippen molar-refractivity contribution in [2.75, 3.05) is 42.4 Å². The number of thioether (sulfide) groups is 1. The monoisotopic (exact) mass is 575 g/mol. The molecule has 0 radical (unpaired) electrons. The fourth-order valence-corrected chi connectivity index (χ4v) is 5.49. The highest BCUT2D eigenvalue weighted by Gasteiger charge is 2.33. The quantitative estimate of drug-likeness (QED) is 0.213. The normalized spacial score (nSPS) is 14.2. The van der Waals surface area contributed by atoms with E-state index in [-0.39, 0.29) is 24.3 Å². The summed E-state index contributed by atoms with van der Waals surface area (Å²) in [4.78, 5) is 30.0. The molecular weight excluding hydrogens is 542 g/mol. The highest BCUT2D eigenvalue weighted by Crippen LogP contribution is 2.38. The van der Waals surface area contributed by atoms with Crippen LogP contribution >= 0.6 is 24.0 Å². The molecule has 0 atom stereocenters. The van der Waals surface area contributed by atoms with E-state index in [0.717, 1.165) is 28.2 Å². The second-order valence-electron chi connectivity index (χ2n) is 9.65. The molecule has 2 amide bonds. The zero-order valence-corrected chi connectivity index (χ0v) is 24.9. The van der Waals surface area contributed by atoms with Crippen LogP contribution in [0.3, 0.4) is 0 Å². The van der Waals surface area contributed by atoms with Crippen LogP contribution in [0.1, 0.15) is 37.8 Å². The Labute approximate surface area is 245 Å². The number of anilines is 3. The molecular formula is C31H33N3O4S2. The molecule has 0 saturated carbocycles. The van der Waals surface area contributed by atoms with Crippen LogP contribution in [0.2, 0.25) is 0 Å². The minimum atomic E-state index is -0.262. The second-order valence-corrected chi connectivity index (χ2v) is 11.3. The first-order chi connectivity index (χ1) is 19.2. The van der Waals surface area contributed by atoms with Gasteiger partial charge >= 0.3 is 0 Å². The van der Waals surface area contributed by atoms with Gasteiger partial charge in [-0.15, -0.1) is 0 Å². The van der Waals surface area contributed by atoms with Crippen LogP contribution in [-0.4, -0.2) is 43.4 Å². The summed E-state index contributed by atoms with van der Waals surface area (Å²) in [6.07, 6.45) is 1.79. The lowest BCUT2D eigenvalue weighted by Gasteiger charge is -2.17. The first kappa shape index (κ1) is 29.2. The third kappa shape index (κ3) is 6.84. The number of amides is 2. The average Bonchev–Trinajstić information content (AvgIpc) is 3.20. The summed E-state index contributed by atoms with van der Waals surface area (Å²) in [7, 11) is 3.93. The van der Waals surface area contributed by atoms with Crippen LogP contribution in [0.15, 0.2) is 71.6 Å². The lowest BCUT2D eigenvalue weighted by atomic mass is 10.0. The SMILES string of the molecule is CCOc1cc(/C=C2/SC(=S)N(c3ccc(N(C)C)cc3)C2=O)ccc1OCC(=O)Nc1ccccc1C(C)C.